The third kappa shape index (κ3) is 3.89. The van der Waals surface area contributed by atoms with Gasteiger partial charge in [-0.05, 0) is 19.2 Å². The monoisotopic (exact) mass is 254 g/mol. The van der Waals surface area contributed by atoms with Crippen molar-refractivity contribution < 1.29 is 14.8 Å². The van der Waals surface area contributed by atoms with E-state index in [0.717, 1.165) is 25.7 Å². The summed E-state index contributed by atoms with van der Waals surface area (Å²) in [6.45, 7) is 7.19. The van der Waals surface area contributed by atoms with Gasteiger partial charge < -0.3 is 14.7 Å². The molecule has 0 unspecified atom stereocenters. The van der Waals surface area contributed by atoms with Crippen LogP contribution in [-0.4, -0.2) is 41.2 Å². The largest absolute Gasteiger partial charge is 0.504 e. The third-order valence-electron chi connectivity index (χ3n) is 2.71. The molecule has 1 aromatic carbocycles. The highest BCUT2D eigenvalue weighted by molar-refractivity contribution is 5.47. The lowest BCUT2D eigenvalue weighted by Crippen LogP contribution is -2.27. The van der Waals surface area contributed by atoms with Gasteiger partial charge in [0.05, 0.1) is 11.0 Å². The van der Waals surface area contributed by atoms with Gasteiger partial charge in [-0.15, -0.1) is 0 Å². The van der Waals surface area contributed by atoms with Crippen LogP contribution >= 0.6 is 0 Å². The van der Waals surface area contributed by atoms with Gasteiger partial charge in [-0.3, -0.25) is 10.1 Å². The lowest BCUT2D eigenvalue weighted by Gasteiger charge is -2.18. The molecule has 1 aromatic rings. The number of nitrogens with zero attached hydrogens (tertiary/aromatic N) is 2. The predicted molar refractivity (Wildman–Crippen MR) is 68.0 cm³/mol. The normalized spacial score (nSPS) is 10.6. The first-order valence-corrected chi connectivity index (χ1v) is 5.91. The van der Waals surface area contributed by atoms with Gasteiger partial charge in [0.15, 0.2) is 11.5 Å². The van der Waals surface area contributed by atoms with Crippen LogP contribution in [0.5, 0.6) is 11.5 Å². The maximum atomic E-state index is 10.5. The highest BCUT2D eigenvalue weighted by Crippen LogP contribution is 2.29. The van der Waals surface area contributed by atoms with Crippen molar-refractivity contribution in [2.24, 2.45) is 0 Å². The Morgan fingerprint density at radius 2 is 2.06 bits per heavy atom. The van der Waals surface area contributed by atoms with Crippen LogP contribution < -0.4 is 4.74 Å². The topological polar surface area (TPSA) is 75.8 Å². The number of likely N-dealkylation sites (N-methyl/N-ethyl adjacent to an activating group) is 1. The molecule has 0 aliphatic carbocycles. The van der Waals surface area contributed by atoms with Gasteiger partial charge in [0.1, 0.15) is 6.61 Å². The van der Waals surface area contributed by atoms with E-state index in [1.165, 1.54) is 12.1 Å². The van der Waals surface area contributed by atoms with E-state index in [9.17, 15) is 15.2 Å². The Morgan fingerprint density at radius 3 is 2.56 bits per heavy atom. The Hall–Kier alpha value is -1.82. The standard InChI is InChI=1S/C12H18N2O4/c1-3-13(4-2)7-8-18-12-6-5-10(14(16)17)9-11(12)15/h5-6,9,15H,3-4,7-8H2,1-2H3. The predicted octanol–water partition coefficient (Wildman–Crippen LogP) is 2.02. The summed E-state index contributed by atoms with van der Waals surface area (Å²) >= 11 is 0. The van der Waals surface area contributed by atoms with Gasteiger partial charge >= 0.3 is 0 Å². The van der Waals surface area contributed by atoms with Gasteiger partial charge in [0.2, 0.25) is 0 Å². The van der Waals surface area contributed by atoms with Crippen LogP contribution in [0, 0.1) is 10.1 Å². The van der Waals surface area contributed by atoms with Crippen LogP contribution in [0.3, 0.4) is 0 Å². The van der Waals surface area contributed by atoms with Crippen LogP contribution in [0.15, 0.2) is 18.2 Å². The Morgan fingerprint density at radius 1 is 1.39 bits per heavy atom. The second kappa shape index (κ2) is 6.80. The molecule has 1 N–H and O–H groups in total. The molecule has 0 aromatic heterocycles. The molecule has 0 aliphatic rings. The summed E-state index contributed by atoms with van der Waals surface area (Å²) in [6.07, 6.45) is 0. The molecule has 0 bridgehead atoms. The fourth-order valence-corrected chi connectivity index (χ4v) is 1.57. The number of nitro groups is 1. The fourth-order valence-electron chi connectivity index (χ4n) is 1.57. The van der Waals surface area contributed by atoms with E-state index in [0.29, 0.717) is 6.61 Å². The van der Waals surface area contributed by atoms with E-state index >= 15 is 0 Å². The summed E-state index contributed by atoms with van der Waals surface area (Å²) in [5.41, 5.74) is -0.149. The molecule has 0 heterocycles. The highest BCUT2D eigenvalue weighted by Gasteiger charge is 2.11. The first-order valence-electron chi connectivity index (χ1n) is 5.91. The minimum Gasteiger partial charge on any atom is -0.504 e. The molecule has 0 radical (unpaired) electrons. The summed E-state index contributed by atoms with van der Waals surface area (Å²) in [4.78, 5) is 12.1. The van der Waals surface area contributed by atoms with Gasteiger partial charge in [-0.25, -0.2) is 0 Å². The van der Waals surface area contributed by atoms with Crippen LogP contribution in [0.25, 0.3) is 0 Å². The molecular weight excluding hydrogens is 236 g/mol. The lowest BCUT2D eigenvalue weighted by molar-refractivity contribution is -0.385. The zero-order valence-electron chi connectivity index (χ0n) is 10.6. The Kier molecular flexibility index (Phi) is 5.38. The number of aromatic hydroxyl groups is 1. The summed E-state index contributed by atoms with van der Waals surface area (Å²) in [7, 11) is 0. The number of hydrogen-bond donors (Lipinski definition) is 1. The zero-order valence-corrected chi connectivity index (χ0v) is 10.6. The van der Waals surface area contributed by atoms with Crippen molar-refractivity contribution in [1.82, 2.24) is 4.90 Å². The molecule has 100 valence electrons. The lowest BCUT2D eigenvalue weighted by atomic mass is 10.3. The second-order valence-electron chi connectivity index (χ2n) is 3.78. The maximum Gasteiger partial charge on any atom is 0.273 e. The molecular formula is C12H18N2O4. The Bertz CT molecular complexity index is 405. The number of benzene rings is 1. The van der Waals surface area contributed by atoms with Crippen molar-refractivity contribution in [3.63, 3.8) is 0 Å². The number of phenolic OH excluding ortho intramolecular Hbond substituents is 1. The number of hydrogen-bond acceptors (Lipinski definition) is 5. The molecule has 6 nitrogen and oxygen atoms in total. The van der Waals surface area contributed by atoms with Crippen LogP contribution in [0.4, 0.5) is 5.69 Å². The van der Waals surface area contributed by atoms with Crippen molar-refractivity contribution in [3.05, 3.63) is 28.3 Å². The van der Waals surface area contributed by atoms with E-state index in [-0.39, 0.29) is 17.2 Å². The highest BCUT2D eigenvalue weighted by atomic mass is 16.6. The average molecular weight is 254 g/mol. The molecule has 0 fully saturated rings. The fraction of sp³-hybridized carbons (Fsp3) is 0.500. The van der Waals surface area contributed by atoms with Crippen molar-refractivity contribution in [2.45, 2.75) is 13.8 Å². The number of phenols is 1. The van der Waals surface area contributed by atoms with E-state index in [1.54, 1.807) is 0 Å². The summed E-state index contributed by atoms with van der Waals surface area (Å²) < 4.78 is 5.39. The second-order valence-corrected chi connectivity index (χ2v) is 3.78. The third-order valence-corrected chi connectivity index (χ3v) is 2.71. The smallest absolute Gasteiger partial charge is 0.273 e. The quantitative estimate of drug-likeness (QED) is 0.595. The molecule has 0 amide bonds. The van der Waals surface area contributed by atoms with Crippen molar-refractivity contribution in [2.75, 3.05) is 26.2 Å². The van der Waals surface area contributed by atoms with E-state index < -0.39 is 4.92 Å². The van der Waals surface area contributed by atoms with Crippen LogP contribution in [0.1, 0.15) is 13.8 Å². The molecule has 18 heavy (non-hydrogen) atoms. The first-order chi connectivity index (χ1) is 8.58. The maximum absolute atomic E-state index is 10.5. The van der Waals surface area contributed by atoms with E-state index in [2.05, 4.69) is 18.7 Å². The number of ether oxygens (including phenoxy) is 1. The van der Waals surface area contributed by atoms with Crippen molar-refractivity contribution in [3.8, 4) is 11.5 Å². The van der Waals surface area contributed by atoms with Crippen molar-refractivity contribution >= 4 is 5.69 Å². The van der Waals surface area contributed by atoms with Gasteiger partial charge in [0.25, 0.3) is 5.69 Å². The molecule has 1 rings (SSSR count). The average Bonchev–Trinajstić information content (AvgIpc) is 2.36. The van der Waals surface area contributed by atoms with Crippen molar-refractivity contribution in [1.29, 1.82) is 0 Å². The summed E-state index contributed by atoms with van der Waals surface area (Å²) in [6, 6.07) is 3.81. The Labute approximate surface area is 106 Å². The van der Waals surface area contributed by atoms with E-state index in [1.807, 2.05) is 0 Å². The van der Waals surface area contributed by atoms with Gasteiger partial charge in [-0.2, -0.15) is 0 Å². The number of non-ortho nitro benzene ring substituents is 1. The molecule has 6 heteroatoms. The van der Waals surface area contributed by atoms with Crippen LogP contribution in [-0.2, 0) is 0 Å². The van der Waals surface area contributed by atoms with E-state index in [4.69, 9.17) is 4.74 Å². The number of nitro benzene ring substituents is 1. The minimum absolute atomic E-state index is 0.149. The summed E-state index contributed by atoms with van der Waals surface area (Å²) in [5.74, 6) is 0.0662. The number of rotatable bonds is 7. The molecule has 0 saturated carbocycles. The zero-order chi connectivity index (χ0) is 13.5. The summed E-state index contributed by atoms with van der Waals surface area (Å²) in [5, 5.41) is 20.1. The first kappa shape index (κ1) is 14.2. The SMILES string of the molecule is CCN(CC)CCOc1ccc([N+](=O)[O-])cc1O. The minimum atomic E-state index is -0.556. The molecule has 0 atom stereocenters. The molecule has 0 saturated heterocycles. The van der Waals surface area contributed by atoms with Gasteiger partial charge in [-0.1, -0.05) is 13.8 Å². The Balaban J connectivity index is 2.55. The van der Waals surface area contributed by atoms with Crippen LogP contribution in [0.2, 0.25) is 0 Å². The molecule has 0 spiro atoms. The van der Waals surface area contributed by atoms with Gasteiger partial charge in [0, 0.05) is 12.6 Å². The molecule has 0 aliphatic heterocycles.